The molecule has 0 bridgehead atoms. The number of carbonyl (C=O) groups is 3. The molecule has 1 fully saturated rings. The maximum absolute atomic E-state index is 13.7. The van der Waals surface area contributed by atoms with E-state index in [4.69, 9.17) is 9.84 Å². The molecule has 3 amide bonds. The molecule has 1 saturated carbocycles. The Bertz CT molecular complexity index is 1110. The zero-order valence-corrected chi connectivity index (χ0v) is 19.6. The summed E-state index contributed by atoms with van der Waals surface area (Å²) in [6, 6.07) is 10.9. The minimum absolute atomic E-state index is 0.0989. The van der Waals surface area contributed by atoms with E-state index < -0.39 is 17.8 Å². The third-order valence-electron chi connectivity index (χ3n) is 6.77. The molecule has 0 spiro atoms. The fourth-order valence-electron chi connectivity index (χ4n) is 4.93. The number of amides is 3. The van der Waals surface area contributed by atoms with Crippen LogP contribution in [0, 0.1) is 17.7 Å². The third kappa shape index (κ3) is 6.29. The van der Waals surface area contributed by atoms with Crippen LogP contribution >= 0.6 is 0 Å². The quantitative estimate of drug-likeness (QED) is 0.539. The van der Waals surface area contributed by atoms with Crippen molar-refractivity contribution in [3.8, 4) is 0 Å². The fourth-order valence-corrected chi connectivity index (χ4v) is 4.93. The van der Waals surface area contributed by atoms with E-state index in [-0.39, 0.29) is 36.1 Å². The molecule has 9 heteroatoms. The molecule has 186 valence electrons. The van der Waals surface area contributed by atoms with Gasteiger partial charge >= 0.3 is 18.1 Å². The predicted octanol–water partition coefficient (Wildman–Crippen LogP) is 5.24. The van der Waals surface area contributed by atoms with E-state index in [1.807, 2.05) is 19.1 Å². The van der Waals surface area contributed by atoms with Gasteiger partial charge in [-0.25, -0.2) is 14.0 Å². The molecule has 8 nitrogen and oxygen atoms in total. The van der Waals surface area contributed by atoms with Gasteiger partial charge in [0.05, 0.1) is 5.69 Å². The van der Waals surface area contributed by atoms with E-state index in [1.165, 1.54) is 12.1 Å². The number of aliphatic carboxylic acids is 1. The number of hydrogen-bond acceptors (Lipinski definition) is 4. The van der Waals surface area contributed by atoms with Crippen molar-refractivity contribution in [2.75, 3.05) is 17.2 Å². The number of hydrogen-bond donors (Lipinski definition) is 3. The molecule has 2 aromatic rings. The van der Waals surface area contributed by atoms with Crippen LogP contribution in [0.2, 0.25) is 0 Å². The summed E-state index contributed by atoms with van der Waals surface area (Å²) in [6.45, 7) is 2.92. The summed E-state index contributed by atoms with van der Waals surface area (Å²) in [7, 11) is 0. The predicted molar refractivity (Wildman–Crippen MR) is 129 cm³/mol. The van der Waals surface area contributed by atoms with Gasteiger partial charge in [0.2, 0.25) is 0 Å². The van der Waals surface area contributed by atoms with Gasteiger partial charge in [-0.15, -0.1) is 0 Å². The standard InChI is InChI=1S/C26H30FN3O5/c1-16-12-17(13-24(31)32)6-9-23(16)35-26(34)30-11-10-18-14-20(8-7-19(18)15-30)28-25(33)29-22-5-3-2-4-21(22)27/h2-5,7-8,14,16-17,23H,6,9-13,15H2,1H3,(H,31,32)(H2,28,29,33)/t16-,17?,23+/m0/s1. The summed E-state index contributed by atoms with van der Waals surface area (Å²) in [5.74, 6) is -1.04. The minimum Gasteiger partial charge on any atom is -0.481 e. The van der Waals surface area contributed by atoms with E-state index in [0.717, 1.165) is 24.0 Å². The highest BCUT2D eigenvalue weighted by atomic mass is 19.1. The summed E-state index contributed by atoms with van der Waals surface area (Å²) in [5, 5.41) is 14.2. The van der Waals surface area contributed by atoms with Crippen LogP contribution in [-0.2, 0) is 22.5 Å². The summed E-state index contributed by atoms with van der Waals surface area (Å²) in [4.78, 5) is 37.7. The van der Waals surface area contributed by atoms with Crippen LogP contribution in [0.4, 0.5) is 25.4 Å². The largest absolute Gasteiger partial charge is 0.481 e. The number of benzene rings is 2. The highest BCUT2D eigenvalue weighted by molar-refractivity contribution is 5.99. The first-order valence-electron chi connectivity index (χ1n) is 11.9. The molecule has 0 radical (unpaired) electrons. The van der Waals surface area contributed by atoms with Crippen LogP contribution in [0.5, 0.6) is 0 Å². The van der Waals surface area contributed by atoms with Crippen molar-refractivity contribution >= 4 is 29.5 Å². The molecule has 3 atom stereocenters. The fraction of sp³-hybridized carbons (Fsp3) is 0.423. The second-order valence-electron chi connectivity index (χ2n) is 9.39. The van der Waals surface area contributed by atoms with Crippen LogP contribution < -0.4 is 10.6 Å². The number of urea groups is 1. The summed E-state index contributed by atoms with van der Waals surface area (Å²) in [5.41, 5.74) is 2.69. The SMILES string of the molecule is C[C@H]1CC(CC(=O)O)CC[C@H]1OC(=O)N1CCc2cc(NC(=O)Nc3ccccc3F)ccc2C1. The van der Waals surface area contributed by atoms with Gasteiger partial charge in [-0.1, -0.05) is 25.1 Å². The van der Waals surface area contributed by atoms with E-state index in [1.54, 1.807) is 23.1 Å². The van der Waals surface area contributed by atoms with Crippen molar-refractivity contribution in [3.63, 3.8) is 0 Å². The number of carbonyl (C=O) groups excluding carboxylic acids is 2. The Morgan fingerprint density at radius 1 is 1.11 bits per heavy atom. The van der Waals surface area contributed by atoms with Crippen LogP contribution in [0.1, 0.15) is 43.7 Å². The average molecular weight is 484 g/mol. The number of ether oxygens (including phenoxy) is 1. The van der Waals surface area contributed by atoms with Crippen molar-refractivity contribution in [1.82, 2.24) is 4.90 Å². The molecular weight excluding hydrogens is 453 g/mol. The maximum Gasteiger partial charge on any atom is 0.410 e. The number of halogens is 1. The lowest BCUT2D eigenvalue weighted by Gasteiger charge is -2.35. The Kier molecular flexibility index (Phi) is 7.53. The van der Waals surface area contributed by atoms with Crippen molar-refractivity contribution in [1.29, 1.82) is 0 Å². The normalized spacial score (nSPS) is 21.5. The van der Waals surface area contributed by atoms with Crippen LogP contribution in [0.15, 0.2) is 42.5 Å². The second kappa shape index (κ2) is 10.8. The topological polar surface area (TPSA) is 108 Å². The minimum atomic E-state index is -0.784. The van der Waals surface area contributed by atoms with Crippen molar-refractivity contribution < 1.29 is 28.6 Å². The summed E-state index contributed by atoms with van der Waals surface area (Å²) < 4.78 is 19.5. The number of carboxylic acids is 1. The van der Waals surface area contributed by atoms with Gasteiger partial charge in [0.25, 0.3) is 0 Å². The third-order valence-corrected chi connectivity index (χ3v) is 6.77. The molecule has 0 saturated heterocycles. The number of carboxylic acid groups (broad SMARTS) is 1. The first-order chi connectivity index (χ1) is 16.8. The summed E-state index contributed by atoms with van der Waals surface area (Å²) in [6.07, 6.45) is 2.40. The number of para-hydroxylation sites is 1. The molecule has 1 heterocycles. The van der Waals surface area contributed by atoms with E-state index >= 15 is 0 Å². The van der Waals surface area contributed by atoms with Crippen LogP contribution in [-0.4, -0.2) is 40.7 Å². The second-order valence-corrected chi connectivity index (χ2v) is 9.39. The zero-order valence-electron chi connectivity index (χ0n) is 19.6. The molecule has 1 unspecified atom stereocenters. The first-order valence-corrected chi connectivity index (χ1v) is 11.9. The lowest BCUT2D eigenvalue weighted by Crippen LogP contribution is -2.41. The van der Waals surface area contributed by atoms with Crippen molar-refractivity contribution in [2.45, 2.75) is 51.7 Å². The number of rotatable bonds is 5. The highest BCUT2D eigenvalue weighted by Crippen LogP contribution is 2.33. The molecule has 4 rings (SSSR count). The molecule has 3 N–H and O–H groups in total. The zero-order chi connectivity index (χ0) is 24.9. The Hall–Kier alpha value is -3.62. The lowest BCUT2D eigenvalue weighted by atomic mass is 9.79. The van der Waals surface area contributed by atoms with Crippen molar-refractivity contribution in [3.05, 3.63) is 59.4 Å². The Labute approximate surface area is 203 Å². The van der Waals surface area contributed by atoms with Crippen LogP contribution in [0.25, 0.3) is 0 Å². The molecule has 2 aromatic carbocycles. The van der Waals surface area contributed by atoms with E-state index in [0.29, 0.717) is 31.6 Å². The monoisotopic (exact) mass is 483 g/mol. The van der Waals surface area contributed by atoms with Gasteiger partial charge in [-0.2, -0.15) is 0 Å². The molecule has 0 aromatic heterocycles. The van der Waals surface area contributed by atoms with Crippen LogP contribution in [0.3, 0.4) is 0 Å². The van der Waals surface area contributed by atoms with Gasteiger partial charge < -0.3 is 25.4 Å². The van der Waals surface area contributed by atoms with Gasteiger partial charge in [-0.05, 0) is 72.9 Å². The van der Waals surface area contributed by atoms with Gasteiger partial charge in [-0.3, -0.25) is 4.79 Å². The van der Waals surface area contributed by atoms with Gasteiger partial charge in [0, 0.05) is 25.2 Å². The molecule has 1 aliphatic heterocycles. The molecular formula is C26H30FN3O5. The maximum atomic E-state index is 13.7. The number of fused-ring (bicyclic) bond motifs is 1. The van der Waals surface area contributed by atoms with E-state index in [2.05, 4.69) is 10.6 Å². The summed E-state index contributed by atoms with van der Waals surface area (Å²) >= 11 is 0. The highest BCUT2D eigenvalue weighted by Gasteiger charge is 2.33. The first kappa shape index (κ1) is 24.5. The van der Waals surface area contributed by atoms with E-state index in [9.17, 15) is 18.8 Å². The molecule has 1 aliphatic carbocycles. The number of nitrogens with one attached hydrogen (secondary N) is 2. The molecule has 35 heavy (non-hydrogen) atoms. The Morgan fingerprint density at radius 3 is 2.66 bits per heavy atom. The lowest BCUT2D eigenvalue weighted by molar-refractivity contribution is -0.138. The number of nitrogens with zero attached hydrogens (tertiary/aromatic N) is 1. The smallest absolute Gasteiger partial charge is 0.410 e. The Balaban J connectivity index is 1.30. The Morgan fingerprint density at radius 2 is 1.91 bits per heavy atom. The van der Waals surface area contributed by atoms with Gasteiger partial charge in [0.15, 0.2) is 0 Å². The molecule has 2 aliphatic rings. The average Bonchev–Trinajstić information content (AvgIpc) is 2.81. The van der Waals surface area contributed by atoms with Gasteiger partial charge in [0.1, 0.15) is 11.9 Å². The number of anilines is 2. The van der Waals surface area contributed by atoms with Crippen molar-refractivity contribution in [2.24, 2.45) is 11.8 Å².